The van der Waals surface area contributed by atoms with Crippen molar-refractivity contribution in [1.29, 1.82) is 0 Å². The van der Waals surface area contributed by atoms with E-state index in [9.17, 15) is 4.79 Å². The van der Waals surface area contributed by atoms with Gasteiger partial charge in [-0.3, -0.25) is 9.78 Å². The molecule has 0 saturated carbocycles. The van der Waals surface area contributed by atoms with Crippen molar-refractivity contribution in [2.75, 3.05) is 24.2 Å². The molecule has 0 aliphatic carbocycles. The van der Waals surface area contributed by atoms with Crippen molar-refractivity contribution in [1.82, 2.24) is 9.97 Å². The zero-order valence-electron chi connectivity index (χ0n) is 10.7. The number of rotatable bonds is 4. The molecular weight excluding hydrogens is 228 g/mol. The van der Waals surface area contributed by atoms with Crippen molar-refractivity contribution in [3.8, 4) is 0 Å². The number of benzene rings is 1. The number of hydrogen-bond donors (Lipinski definition) is 2. The average molecular weight is 246 g/mol. The minimum atomic E-state index is -0.148. The van der Waals surface area contributed by atoms with Crippen LogP contribution >= 0.6 is 0 Å². The van der Waals surface area contributed by atoms with Crippen LogP contribution in [0.25, 0.3) is 10.9 Å². The average Bonchev–Trinajstić information content (AvgIpc) is 2.36. The van der Waals surface area contributed by atoms with Crippen LogP contribution in [-0.4, -0.2) is 23.6 Å². The molecule has 1 heterocycles. The molecule has 5 heteroatoms. The predicted octanol–water partition coefficient (Wildman–Crippen LogP) is 1.74. The number of nitrogens with two attached hydrogens (primary N) is 1. The lowest BCUT2D eigenvalue weighted by molar-refractivity contribution is 0.750. The lowest BCUT2D eigenvalue weighted by Crippen LogP contribution is -2.24. The Bertz CT molecular complexity index is 605. The Morgan fingerprint density at radius 3 is 2.94 bits per heavy atom. The van der Waals surface area contributed by atoms with Gasteiger partial charge in [0, 0.05) is 19.3 Å². The van der Waals surface area contributed by atoms with Crippen molar-refractivity contribution in [3.05, 3.63) is 28.6 Å². The Morgan fingerprint density at radius 2 is 2.22 bits per heavy atom. The van der Waals surface area contributed by atoms with Gasteiger partial charge in [-0.25, -0.2) is 4.98 Å². The molecule has 0 bridgehead atoms. The van der Waals surface area contributed by atoms with Crippen LogP contribution in [0.4, 0.5) is 11.6 Å². The van der Waals surface area contributed by atoms with E-state index in [1.807, 2.05) is 11.9 Å². The summed E-state index contributed by atoms with van der Waals surface area (Å²) in [6.07, 6.45) is 2.18. The van der Waals surface area contributed by atoms with Crippen molar-refractivity contribution in [2.45, 2.75) is 19.8 Å². The summed E-state index contributed by atoms with van der Waals surface area (Å²) in [6.45, 7) is 3.01. The molecule has 0 aliphatic heterocycles. The molecule has 0 atom stereocenters. The lowest BCUT2D eigenvalue weighted by atomic mass is 10.2. The zero-order chi connectivity index (χ0) is 13.1. The molecule has 2 aromatic rings. The van der Waals surface area contributed by atoms with Crippen molar-refractivity contribution in [2.24, 2.45) is 0 Å². The van der Waals surface area contributed by atoms with E-state index >= 15 is 0 Å². The maximum atomic E-state index is 12.0. The summed E-state index contributed by atoms with van der Waals surface area (Å²) in [7, 11) is 1.93. The molecule has 0 saturated heterocycles. The van der Waals surface area contributed by atoms with Crippen LogP contribution in [-0.2, 0) is 0 Å². The molecule has 0 unspecified atom stereocenters. The first-order valence-electron chi connectivity index (χ1n) is 6.12. The first-order chi connectivity index (χ1) is 8.61. The van der Waals surface area contributed by atoms with E-state index in [-0.39, 0.29) is 5.56 Å². The molecule has 0 radical (unpaired) electrons. The van der Waals surface area contributed by atoms with Crippen molar-refractivity contribution in [3.63, 3.8) is 0 Å². The van der Waals surface area contributed by atoms with Gasteiger partial charge >= 0.3 is 0 Å². The number of aromatic nitrogens is 2. The molecule has 96 valence electrons. The van der Waals surface area contributed by atoms with Crippen LogP contribution < -0.4 is 16.2 Å². The van der Waals surface area contributed by atoms with Gasteiger partial charge in [-0.15, -0.1) is 0 Å². The summed E-state index contributed by atoms with van der Waals surface area (Å²) in [5.41, 5.74) is 6.76. The van der Waals surface area contributed by atoms with E-state index in [1.165, 1.54) is 0 Å². The quantitative estimate of drug-likeness (QED) is 0.806. The summed E-state index contributed by atoms with van der Waals surface area (Å²) in [5.74, 6) is 0.603. The van der Waals surface area contributed by atoms with E-state index in [2.05, 4.69) is 16.9 Å². The maximum Gasteiger partial charge on any atom is 0.260 e. The van der Waals surface area contributed by atoms with Gasteiger partial charge in [0.1, 0.15) is 0 Å². The molecule has 0 spiro atoms. The van der Waals surface area contributed by atoms with Gasteiger partial charge in [-0.1, -0.05) is 13.3 Å². The number of hydrogen-bond acceptors (Lipinski definition) is 4. The van der Waals surface area contributed by atoms with E-state index in [4.69, 9.17) is 5.73 Å². The van der Waals surface area contributed by atoms with Gasteiger partial charge < -0.3 is 10.6 Å². The Kier molecular flexibility index (Phi) is 3.50. The zero-order valence-corrected chi connectivity index (χ0v) is 10.7. The Morgan fingerprint density at radius 1 is 1.44 bits per heavy atom. The number of nitrogens with zero attached hydrogens (tertiary/aromatic N) is 2. The fourth-order valence-electron chi connectivity index (χ4n) is 1.83. The fourth-order valence-corrected chi connectivity index (χ4v) is 1.83. The number of anilines is 2. The summed E-state index contributed by atoms with van der Waals surface area (Å²) in [4.78, 5) is 21.1. The largest absolute Gasteiger partial charge is 0.399 e. The second-order valence-electron chi connectivity index (χ2n) is 4.44. The topological polar surface area (TPSA) is 75.0 Å². The smallest absolute Gasteiger partial charge is 0.260 e. The van der Waals surface area contributed by atoms with Crippen LogP contribution in [0.2, 0.25) is 0 Å². The summed E-state index contributed by atoms with van der Waals surface area (Å²) < 4.78 is 0. The Balaban J connectivity index is 2.43. The summed E-state index contributed by atoms with van der Waals surface area (Å²) in [5, 5.41) is 0.530. The van der Waals surface area contributed by atoms with Crippen molar-refractivity contribution >= 4 is 22.5 Å². The fraction of sp³-hybridized carbons (Fsp3) is 0.385. The highest BCUT2D eigenvalue weighted by Crippen LogP contribution is 2.14. The van der Waals surface area contributed by atoms with Crippen molar-refractivity contribution < 1.29 is 0 Å². The molecule has 0 aliphatic rings. The third-order valence-electron chi connectivity index (χ3n) is 2.93. The molecule has 1 aromatic heterocycles. The van der Waals surface area contributed by atoms with Gasteiger partial charge in [0.15, 0.2) is 0 Å². The van der Waals surface area contributed by atoms with Crippen LogP contribution in [0.15, 0.2) is 23.0 Å². The molecular formula is C13H18N4O. The summed E-state index contributed by atoms with van der Waals surface area (Å²) in [6, 6.07) is 5.18. The van der Waals surface area contributed by atoms with Crippen LogP contribution in [0.3, 0.4) is 0 Å². The van der Waals surface area contributed by atoms with Gasteiger partial charge in [-0.2, -0.15) is 0 Å². The number of unbranched alkanes of at least 4 members (excludes halogenated alkanes) is 1. The number of fused-ring (bicyclic) bond motifs is 1. The lowest BCUT2D eigenvalue weighted by Gasteiger charge is -2.17. The van der Waals surface area contributed by atoms with E-state index in [0.29, 0.717) is 22.5 Å². The monoisotopic (exact) mass is 246 g/mol. The standard InChI is InChI=1S/C13H18N4O/c1-3-4-7-17(2)13-15-11-6-5-9(14)8-10(11)12(18)16-13/h5-6,8H,3-4,7,14H2,1-2H3,(H,15,16,18). The summed E-state index contributed by atoms with van der Waals surface area (Å²) >= 11 is 0. The normalized spacial score (nSPS) is 10.8. The third-order valence-corrected chi connectivity index (χ3v) is 2.93. The third kappa shape index (κ3) is 2.45. The Labute approximate surface area is 106 Å². The van der Waals surface area contributed by atoms with E-state index < -0.39 is 0 Å². The first-order valence-corrected chi connectivity index (χ1v) is 6.12. The second kappa shape index (κ2) is 5.08. The highest BCUT2D eigenvalue weighted by Gasteiger charge is 2.07. The molecule has 3 N–H and O–H groups in total. The number of nitrogens with one attached hydrogen (secondary N) is 1. The minimum absolute atomic E-state index is 0.148. The van der Waals surface area contributed by atoms with E-state index in [0.717, 1.165) is 19.4 Å². The van der Waals surface area contributed by atoms with Gasteiger partial charge in [0.2, 0.25) is 5.95 Å². The van der Waals surface area contributed by atoms with Crippen LogP contribution in [0.1, 0.15) is 19.8 Å². The molecule has 0 fully saturated rings. The van der Waals surface area contributed by atoms with Gasteiger partial charge in [0.05, 0.1) is 10.9 Å². The highest BCUT2D eigenvalue weighted by atomic mass is 16.1. The van der Waals surface area contributed by atoms with Crippen LogP contribution in [0.5, 0.6) is 0 Å². The number of H-pyrrole nitrogens is 1. The minimum Gasteiger partial charge on any atom is -0.399 e. The maximum absolute atomic E-state index is 12.0. The second-order valence-corrected chi connectivity index (χ2v) is 4.44. The SMILES string of the molecule is CCCCN(C)c1nc2ccc(N)cc2c(=O)[nH]1. The Hall–Kier alpha value is -2.04. The molecule has 1 aromatic carbocycles. The van der Waals surface area contributed by atoms with E-state index in [1.54, 1.807) is 18.2 Å². The van der Waals surface area contributed by atoms with Gasteiger partial charge in [-0.05, 0) is 24.6 Å². The molecule has 2 rings (SSSR count). The number of nitrogen functional groups attached to an aromatic ring is 1. The highest BCUT2D eigenvalue weighted by molar-refractivity contribution is 5.81. The number of aromatic amines is 1. The molecule has 5 nitrogen and oxygen atoms in total. The van der Waals surface area contributed by atoms with Crippen LogP contribution in [0, 0.1) is 0 Å². The van der Waals surface area contributed by atoms with Gasteiger partial charge in [0.25, 0.3) is 5.56 Å². The predicted molar refractivity (Wildman–Crippen MR) is 75.0 cm³/mol. The molecule has 0 amide bonds. The molecule has 18 heavy (non-hydrogen) atoms. The first kappa shape index (κ1) is 12.4.